The molecule has 0 bridgehead atoms. The van der Waals surface area contributed by atoms with E-state index in [0.29, 0.717) is 16.7 Å². The van der Waals surface area contributed by atoms with Gasteiger partial charge in [0.25, 0.3) is 0 Å². The van der Waals surface area contributed by atoms with Gasteiger partial charge in [-0.25, -0.2) is 4.79 Å². The Morgan fingerprint density at radius 3 is 1.64 bits per heavy atom. The summed E-state index contributed by atoms with van der Waals surface area (Å²) < 4.78 is 45.2. The molecule has 0 radical (unpaired) electrons. The molecule has 2 amide bonds. The van der Waals surface area contributed by atoms with Gasteiger partial charge in [0.2, 0.25) is 5.72 Å². The Morgan fingerprint density at radius 2 is 1.25 bits per heavy atom. The number of carbonyl (C=O) groups is 1. The molecule has 36 heavy (non-hydrogen) atoms. The summed E-state index contributed by atoms with van der Waals surface area (Å²) in [7, 11) is 0. The Kier molecular flexibility index (Phi) is 6.14. The lowest BCUT2D eigenvalue weighted by Gasteiger charge is -2.45. The second kappa shape index (κ2) is 8.72. The largest absolute Gasteiger partial charge is 0.416 e. The summed E-state index contributed by atoms with van der Waals surface area (Å²) in [5.74, 6) is 0. The predicted molar refractivity (Wildman–Crippen MR) is 127 cm³/mol. The zero-order chi connectivity index (χ0) is 26.5. The molecule has 2 atom stereocenters. The van der Waals surface area contributed by atoms with Gasteiger partial charge in [0.1, 0.15) is 0 Å². The fourth-order valence-electron chi connectivity index (χ4n) is 4.34. The molecule has 0 saturated carbocycles. The van der Waals surface area contributed by atoms with E-state index in [1.807, 2.05) is 0 Å². The maximum atomic E-state index is 15.1. The summed E-state index contributed by atoms with van der Waals surface area (Å²) >= 11 is 11.9. The summed E-state index contributed by atoms with van der Waals surface area (Å²) in [5.41, 5.74) is -7.53. The van der Waals surface area contributed by atoms with Gasteiger partial charge in [-0.05, 0) is 73.7 Å². The molecule has 6 nitrogen and oxygen atoms in total. The van der Waals surface area contributed by atoms with Crippen molar-refractivity contribution in [2.75, 3.05) is 9.80 Å². The summed E-state index contributed by atoms with van der Waals surface area (Å²) in [6, 6.07) is 15.9. The number of rotatable bonds is 3. The van der Waals surface area contributed by atoms with Crippen molar-refractivity contribution in [1.82, 2.24) is 0 Å². The highest BCUT2D eigenvalue weighted by Gasteiger charge is 2.77. The van der Waals surface area contributed by atoms with Crippen molar-refractivity contribution in [3.05, 3.63) is 93.5 Å². The Hall–Kier alpha value is -3.76. The number of nitrogens with zero attached hydrogens (tertiary/aromatic N) is 4. The van der Waals surface area contributed by atoms with Crippen LogP contribution in [0.1, 0.15) is 23.6 Å². The van der Waals surface area contributed by atoms with E-state index in [-0.39, 0.29) is 32.5 Å². The van der Waals surface area contributed by atoms with Gasteiger partial charge in [0.05, 0.1) is 23.3 Å². The van der Waals surface area contributed by atoms with Gasteiger partial charge >= 0.3 is 12.2 Å². The van der Waals surface area contributed by atoms with E-state index >= 15 is 13.2 Å². The average molecular weight is 531 g/mol. The van der Waals surface area contributed by atoms with Crippen LogP contribution in [0.2, 0.25) is 10.0 Å². The Labute approximate surface area is 213 Å². The van der Waals surface area contributed by atoms with Crippen molar-refractivity contribution in [3.63, 3.8) is 0 Å². The molecule has 1 N–H and O–H groups in total. The number of aliphatic hydroxyl groups is 1. The molecule has 1 fully saturated rings. The lowest BCUT2D eigenvalue weighted by Crippen LogP contribution is -2.66. The minimum Gasteiger partial charge on any atom is -0.364 e. The lowest BCUT2D eigenvalue weighted by molar-refractivity contribution is -0.227. The van der Waals surface area contributed by atoms with E-state index in [9.17, 15) is 20.4 Å². The number of amides is 2. The van der Waals surface area contributed by atoms with Crippen LogP contribution in [-0.4, -0.2) is 22.9 Å². The fourth-order valence-corrected chi connectivity index (χ4v) is 4.59. The number of anilines is 2. The Bertz CT molecular complexity index is 1400. The summed E-state index contributed by atoms with van der Waals surface area (Å²) in [4.78, 5) is 14.9. The first kappa shape index (κ1) is 25.3. The van der Waals surface area contributed by atoms with Gasteiger partial charge in [0, 0.05) is 27.0 Å². The molecule has 1 heterocycles. The lowest BCUT2D eigenvalue weighted by atomic mass is 9.80. The molecule has 0 spiro atoms. The van der Waals surface area contributed by atoms with E-state index in [0.717, 1.165) is 18.2 Å². The van der Waals surface area contributed by atoms with Crippen LogP contribution < -0.4 is 9.80 Å². The standard InChI is InChI=1S/C25H15Cl2F3N4O2/c1-23(25(28,29)30)24(36,17-11-15(13-31)10-16(12-17)14-32)34(21-8-4-19(27)5-9-21)22(35)33(23)20-6-2-18(26)3-7-20/h2-12,36H,1H3/t23-,24?/m0/s1. The van der Waals surface area contributed by atoms with E-state index in [1.54, 1.807) is 12.1 Å². The van der Waals surface area contributed by atoms with Gasteiger partial charge in [0.15, 0.2) is 5.54 Å². The van der Waals surface area contributed by atoms with Crippen molar-refractivity contribution >= 4 is 40.6 Å². The van der Waals surface area contributed by atoms with E-state index in [2.05, 4.69) is 0 Å². The van der Waals surface area contributed by atoms with Gasteiger partial charge in [-0.2, -0.15) is 23.7 Å². The number of halogens is 5. The third-order valence-corrected chi connectivity index (χ3v) is 6.65. The molecule has 1 unspecified atom stereocenters. The van der Waals surface area contributed by atoms with E-state index < -0.39 is 29.0 Å². The zero-order valence-electron chi connectivity index (χ0n) is 18.4. The summed E-state index contributed by atoms with van der Waals surface area (Å²) in [6.07, 6.45) is -5.21. The highest BCUT2D eigenvalue weighted by Crippen LogP contribution is 2.57. The monoisotopic (exact) mass is 530 g/mol. The van der Waals surface area contributed by atoms with Crippen molar-refractivity contribution < 1.29 is 23.1 Å². The van der Waals surface area contributed by atoms with E-state index in [1.165, 1.54) is 48.5 Å². The minimum absolute atomic E-state index is 0.0975. The van der Waals surface area contributed by atoms with Crippen molar-refractivity contribution in [2.24, 2.45) is 0 Å². The first-order valence-corrected chi connectivity index (χ1v) is 11.0. The summed E-state index contributed by atoms with van der Waals surface area (Å²) in [5, 5.41) is 31.5. The first-order chi connectivity index (χ1) is 16.9. The third-order valence-electron chi connectivity index (χ3n) is 6.15. The maximum absolute atomic E-state index is 15.1. The average Bonchev–Trinajstić information content (AvgIpc) is 3.03. The van der Waals surface area contributed by atoms with Crippen LogP contribution in [-0.2, 0) is 5.72 Å². The molecule has 1 aliphatic heterocycles. The van der Waals surface area contributed by atoms with Crippen LogP contribution >= 0.6 is 23.2 Å². The molecular weight excluding hydrogens is 516 g/mol. The molecule has 0 aromatic heterocycles. The quantitative estimate of drug-likeness (QED) is 0.427. The smallest absolute Gasteiger partial charge is 0.364 e. The number of alkyl halides is 3. The molecule has 3 aromatic rings. The Balaban J connectivity index is 2.13. The SMILES string of the molecule is C[C@]1(C(F)(F)F)N(c2ccc(Cl)cc2)C(=O)N(c2ccc(Cl)cc2)C1(O)c1cc(C#N)cc(C#N)c1. The second-order valence-electron chi connectivity index (χ2n) is 8.17. The van der Waals surface area contributed by atoms with Crippen LogP contribution in [0.25, 0.3) is 0 Å². The molecule has 0 aliphatic carbocycles. The summed E-state index contributed by atoms with van der Waals surface area (Å²) in [6.45, 7) is 0.681. The first-order valence-electron chi connectivity index (χ1n) is 10.3. The number of urea groups is 1. The normalized spacial score (nSPS) is 21.9. The molecule has 11 heteroatoms. The number of hydrogen-bond acceptors (Lipinski definition) is 4. The predicted octanol–water partition coefficient (Wildman–Crippen LogP) is 6.35. The zero-order valence-corrected chi connectivity index (χ0v) is 19.9. The molecule has 3 aromatic carbocycles. The molecule has 4 rings (SSSR count). The second-order valence-corrected chi connectivity index (χ2v) is 9.04. The maximum Gasteiger partial charge on any atom is 0.416 e. The van der Waals surface area contributed by atoms with Crippen molar-refractivity contribution in [3.8, 4) is 12.1 Å². The number of carbonyl (C=O) groups excluding carboxylic acids is 1. The minimum atomic E-state index is -5.21. The highest BCUT2D eigenvalue weighted by atomic mass is 35.5. The van der Waals surface area contributed by atoms with Crippen molar-refractivity contribution in [2.45, 2.75) is 24.4 Å². The molecule has 1 saturated heterocycles. The number of hydrogen-bond donors (Lipinski definition) is 1. The number of benzene rings is 3. The van der Waals surface area contributed by atoms with Gasteiger partial charge in [-0.1, -0.05) is 23.2 Å². The molecule has 1 aliphatic rings. The van der Waals surface area contributed by atoms with Crippen LogP contribution in [0.3, 0.4) is 0 Å². The van der Waals surface area contributed by atoms with Crippen LogP contribution in [0, 0.1) is 22.7 Å². The van der Waals surface area contributed by atoms with Gasteiger partial charge < -0.3 is 5.11 Å². The van der Waals surface area contributed by atoms with E-state index in [4.69, 9.17) is 23.2 Å². The van der Waals surface area contributed by atoms with Crippen LogP contribution in [0.5, 0.6) is 0 Å². The van der Waals surface area contributed by atoms with Gasteiger partial charge in [-0.15, -0.1) is 0 Å². The van der Waals surface area contributed by atoms with Crippen LogP contribution in [0.4, 0.5) is 29.3 Å². The molecular formula is C25H15Cl2F3N4O2. The van der Waals surface area contributed by atoms with Gasteiger partial charge in [-0.3, -0.25) is 9.80 Å². The highest BCUT2D eigenvalue weighted by molar-refractivity contribution is 6.31. The fraction of sp³-hybridized carbons (Fsp3) is 0.160. The van der Waals surface area contributed by atoms with Crippen molar-refractivity contribution in [1.29, 1.82) is 10.5 Å². The Morgan fingerprint density at radius 1 is 0.833 bits per heavy atom. The number of nitriles is 2. The topological polar surface area (TPSA) is 91.4 Å². The third kappa shape index (κ3) is 3.64. The van der Waals surface area contributed by atoms with Crippen LogP contribution in [0.15, 0.2) is 66.7 Å². The molecule has 182 valence electrons.